The van der Waals surface area contributed by atoms with Gasteiger partial charge >= 0.3 is 26.2 Å². The third kappa shape index (κ3) is 4.19. The first-order chi connectivity index (χ1) is 10.6. The molecule has 0 aliphatic rings. The first-order valence-corrected chi connectivity index (χ1v) is 11.3. The Kier molecular flexibility index (Phi) is 5.95. The van der Waals surface area contributed by atoms with Crippen LogP contribution < -0.4 is 5.19 Å². The number of fused-ring (bicyclic) bond motifs is 3. The van der Waals surface area contributed by atoms with E-state index in [1.807, 2.05) is 0 Å². The second-order valence-electron chi connectivity index (χ2n) is 6.74. The van der Waals surface area contributed by atoms with E-state index < -0.39 is 8.07 Å². The minimum atomic E-state index is -0.981. The van der Waals surface area contributed by atoms with Crippen LogP contribution >= 0.6 is 0 Å². The fraction of sp³-hybridized carbons (Fsp3) is 0.143. The molecule has 0 saturated heterocycles. The standard InChI is InChI=1S/C13H9.C8H13Si.Zr/c1-3-7-12-10(5-1)9-11-6-2-4-8-13(11)12;1-9(2,3)8-6-4-5-7-8;/h1-9H;4-7H,1-3H3;/q2*-1;+2. The third-order valence-electron chi connectivity index (χ3n) is 4.05. The summed E-state index contributed by atoms with van der Waals surface area (Å²) in [6.45, 7) is 7.09. The van der Waals surface area contributed by atoms with Gasteiger partial charge in [-0.1, -0.05) is 56.0 Å². The van der Waals surface area contributed by atoms with E-state index in [0.29, 0.717) is 0 Å². The zero-order chi connectivity index (χ0) is 15.6. The van der Waals surface area contributed by atoms with Crippen molar-refractivity contribution >= 4 is 34.8 Å². The molecule has 0 aliphatic carbocycles. The van der Waals surface area contributed by atoms with Gasteiger partial charge in [-0.05, 0) is 0 Å². The van der Waals surface area contributed by atoms with Gasteiger partial charge in [-0.2, -0.15) is 18.2 Å². The molecule has 0 aliphatic heterocycles. The van der Waals surface area contributed by atoms with Crippen LogP contribution in [-0.4, -0.2) is 8.07 Å². The Hall–Kier alpha value is -1.24. The van der Waals surface area contributed by atoms with E-state index in [4.69, 9.17) is 0 Å². The van der Waals surface area contributed by atoms with Gasteiger partial charge in [0.25, 0.3) is 0 Å². The van der Waals surface area contributed by atoms with E-state index in [1.54, 1.807) is 5.19 Å². The maximum absolute atomic E-state index is 2.36. The normalized spacial score (nSPS) is 10.9. The maximum atomic E-state index is 2.36. The van der Waals surface area contributed by atoms with Crippen molar-refractivity contribution in [3.63, 3.8) is 0 Å². The smallest absolute Gasteiger partial charge is 0.212 e. The van der Waals surface area contributed by atoms with Crippen molar-refractivity contribution in [1.29, 1.82) is 0 Å². The summed E-state index contributed by atoms with van der Waals surface area (Å²) in [7, 11) is -0.981. The van der Waals surface area contributed by atoms with Crippen molar-refractivity contribution in [1.82, 2.24) is 0 Å². The molecule has 2 heteroatoms. The summed E-state index contributed by atoms with van der Waals surface area (Å²) in [5.41, 5.74) is 0. The fourth-order valence-corrected chi connectivity index (χ4v) is 3.97. The summed E-state index contributed by atoms with van der Waals surface area (Å²) >= 11 is 0. The number of hydrogen-bond acceptors (Lipinski definition) is 0. The topological polar surface area (TPSA) is 0 Å². The van der Waals surface area contributed by atoms with Gasteiger partial charge in [-0.3, -0.25) is 0 Å². The van der Waals surface area contributed by atoms with Crippen LogP contribution in [-0.2, 0) is 26.2 Å². The van der Waals surface area contributed by atoms with Crippen molar-refractivity contribution < 1.29 is 26.2 Å². The van der Waals surface area contributed by atoms with Gasteiger partial charge in [-0.15, -0.1) is 39.7 Å². The van der Waals surface area contributed by atoms with Crippen LogP contribution in [0.25, 0.3) is 21.5 Å². The van der Waals surface area contributed by atoms with Crippen LogP contribution in [0, 0.1) is 0 Å². The second-order valence-corrected chi connectivity index (χ2v) is 11.8. The average molecular weight is 394 g/mol. The van der Waals surface area contributed by atoms with Crippen LogP contribution in [0.3, 0.4) is 0 Å². The Morgan fingerprint density at radius 2 is 1.26 bits per heavy atom. The van der Waals surface area contributed by atoms with Crippen molar-refractivity contribution in [3.05, 3.63) is 78.9 Å². The second kappa shape index (κ2) is 7.55. The Balaban J connectivity index is 0.000000171. The summed E-state index contributed by atoms with van der Waals surface area (Å²) in [5, 5.41) is 6.95. The molecule has 0 atom stereocenters. The molecule has 0 N–H and O–H groups in total. The average Bonchev–Trinajstić information content (AvgIpc) is 3.15. The number of benzene rings is 2. The van der Waals surface area contributed by atoms with E-state index in [2.05, 4.69) is 98.5 Å². The van der Waals surface area contributed by atoms with E-state index >= 15 is 0 Å². The van der Waals surface area contributed by atoms with Crippen LogP contribution in [0.15, 0.2) is 78.9 Å². The molecule has 0 amide bonds. The molecule has 4 aromatic carbocycles. The summed E-state index contributed by atoms with van der Waals surface area (Å²) in [4.78, 5) is 0. The van der Waals surface area contributed by atoms with Crippen molar-refractivity contribution in [3.8, 4) is 0 Å². The first kappa shape index (κ1) is 18.1. The Bertz CT molecular complexity index is 813. The van der Waals surface area contributed by atoms with Crippen molar-refractivity contribution in [2.45, 2.75) is 19.6 Å². The van der Waals surface area contributed by atoms with Gasteiger partial charge in [0.2, 0.25) is 0 Å². The van der Waals surface area contributed by atoms with Gasteiger partial charge in [0.1, 0.15) is 0 Å². The minimum absolute atomic E-state index is 0. The zero-order valence-electron chi connectivity index (χ0n) is 14.0. The first-order valence-electron chi connectivity index (χ1n) is 7.81. The number of hydrogen-bond donors (Lipinski definition) is 0. The zero-order valence-corrected chi connectivity index (χ0v) is 17.5. The van der Waals surface area contributed by atoms with E-state index in [9.17, 15) is 0 Å². The molecule has 0 bridgehead atoms. The molecule has 0 fully saturated rings. The molecule has 0 saturated carbocycles. The molecule has 114 valence electrons. The summed E-state index contributed by atoms with van der Waals surface area (Å²) in [5.74, 6) is 0. The molecular formula is C21H22SiZr. The van der Waals surface area contributed by atoms with Crippen LogP contribution in [0.2, 0.25) is 19.6 Å². The Labute approximate surface area is 159 Å². The summed E-state index contributed by atoms with van der Waals surface area (Å²) < 4.78 is 0. The molecular weight excluding hydrogens is 372 g/mol. The molecule has 0 aromatic heterocycles. The quantitative estimate of drug-likeness (QED) is 0.289. The van der Waals surface area contributed by atoms with Gasteiger partial charge in [-0.25, -0.2) is 11.3 Å². The van der Waals surface area contributed by atoms with Crippen molar-refractivity contribution in [2.75, 3.05) is 0 Å². The minimum Gasteiger partial charge on any atom is -0.212 e. The predicted octanol–water partition coefficient (Wildman–Crippen LogP) is 5.66. The predicted molar refractivity (Wildman–Crippen MR) is 102 cm³/mol. The van der Waals surface area contributed by atoms with Gasteiger partial charge < -0.3 is 0 Å². The monoisotopic (exact) mass is 392 g/mol. The number of rotatable bonds is 1. The molecule has 0 nitrogen and oxygen atoms in total. The fourth-order valence-electron chi connectivity index (χ4n) is 2.78. The Morgan fingerprint density at radius 3 is 1.65 bits per heavy atom. The molecule has 4 aromatic rings. The van der Waals surface area contributed by atoms with Crippen LogP contribution in [0.4, 0.5) is 0 Å². The molecule has 23 heavy (non-hydrogen) atoms. The van der Waals surface area contributed by atoms with E-state index in [1.165, 1.54) is 21.5 Å². The maximum Gasteiger partial charge on any atom is 2.00 e. The molecule has 0 heterocycles. The largest absolute Gasteiger partial charge is 2.00 e. The molecule has 0 spiro atoms. The summed E-state index contributed by atoms with van der Waals surface area (Å²) in [6.07, 6.45) is 0. The van der Waals surface area contributed by atoms with Gasteiger partial charge in [0.05, 0.1) is 0 Å². The van der Waals surface area contributed by atoms with Gasteiger partial charge in [0.15, 0.2) is 0 Å². The van der Waals surface area contributed by atoms with Crippen LogP contribution in [0.1, 0.15) is 0 Å². The molecule has 0 unspecified atom stereocenters. The van der Waals surface area contributed by atoms with Crippen LogP contribution in [0.5, 0.6) is 0 Å². The van der Waals surface area contributed by atoms with Gasteiger partial charge in [0, 0.05) is 8.07 Å². The molecule has 4 rings (SSSR count). The van der Waals surface area contributed by atoms with E-state index in [-0.39, 0.29) is 26.2 Å². The molecule has 0 radical (unpaired) electrons. The SMILES string of the molecule is C[Si](C)(C)c1cc[cH-]c1.[Zr+2].c1ccc2c(c1)[cH-]c1ccccc12. The van der Waals surface area contributed by atoms with Crippen molar-refractivity contribution in [2.24, 2.45) is 0 Å². The Morgan fingerprint density at radius 1 is 0.739 bits per heavy atom. The summed E-state index contributed by atoms with van der Waals surface area (Å²) in [6, 6.07) is 28.0. The third-order valence-corrected chi connectivity index (χ3v) is 6.12. The van der Waals surface area contributed by atoms with E-state index in [0.717, 1.165) is 0 Å².